The van der Waals surface area contributed by atoms with Gasteiger partial charge in [0.2, 0.25) is 0 Å². The fourth-order valence-electron chi connectivity index (χ4n) is 2.88. The highest BCUT2D eigenvalue weighted by Crippen LogP contribution is 2.14. The van der Waals surface area contributed by atoms with Crippen LogP contribution in [-0.2, 0) is 9.53 Å². The van der Waals surface area contributed by atoms with Gasteiger partial charge in [-0.15, -0.1) is 0 Å². The quantitative estimate of drug-likeness (QED) is 0.272. The maximum absolute atomic E-state index is 11.2. The Labute approximate surface area is 144 Å². The molecule has 0 heterocycles. The Balaban J connectivity index is 3.18. The van der Waals surface area contributed by atoms with Gasteiger partial charge in [-0.05, 0) is 19.8 Å². The second-order valence-electron chi connectivity index (χ2n) is 6.68. The molecular formula is C20H40O3. The minimum absolute atomic E-state index is 0.193. The Kier molecular flexibility index (Phi) is 17.3. The number of unbranched alkanes of at least 4 members (excludes halogenated alkanes) is 11. The van der Waals surface area contributed by atoms with E-state index in [1.54, 1.807) is 6.92 Å². The number of hydrogen-bond acceptors (Lipinski definition) is 3. The van der Waals surface area contributed by atoms with Gasteiger partial charge in [0.1, 0.15) is 0 Å². The predicted octanol–water partition coefficient (Wildman–Crippen LogP) is 5.78. The number of ether oxygens (including phenoxy) is 1. The zero-order valence-corrected chi connectivity index (χ0v) is 15.7. The van der Waals surface area contributed by atoms with Crippen molar-refractivity contribution in [1.29, 1.82) is 0 Å². The second-order valence-corrected chi connectivity index (χ2v) is 6.68. The number of hydrogen-bond donors (Lipinski definition) is 1. The van der Waals surface area contributed by atoms with Crippen LogP contribution in [0.1, 0.15) is 110 Å². The summed E-state index contributed by atoms with van der Waals surface area (Å²) in [4.78, 5) is 11.2. The summed E-state index contributed by atoms with van der Waals surface area (Å²) in [5.41, 5.74) is 0. The molecule has 0 saturated heterocycles. The zero-order valence-electron chi connectivity index (χ0n) is 15.7. The number of carbonyl (C=O) groups is 1. The molecule has 0 spiro atoms. The molecule has 0 aliphatic rings. The first-order chi connectivity index (χ1) is 11.2. The van der Waals surface area contributed by atoms with Crippen molar-refractivity contribution < 1.29 is 14.6 Å². The number of esters is 1. The first-order valence-corrected chi connectivity index (χ1v) is 10.0. The molecule has 0 rings (SSSR count). The minimum atomic E-state index is -0.345. The molecule has 0 aromatic rings. The number of rotatable bonds is 17. The highest BCUT2D eigenvalue weighted by Gasteiger charge is 2.08. The molecule has 3 heteroatoms. The molecule has 3 nitrogen and oxygen atoms in total. The van der Waals surface area contributed by atoms with Gasteiger partial charge in [-0.3, -0.25) is 4.79 Å². The topological polar surface area (TPSA) is 46.5 Å². The van der Waals surface area contributed by atoms with Gasteiger partial charge in [0.05, 0.1) is 12.7 Å². The molecule has 1 N–H and O–H groups in total. The van der Waals surface area contributed by atoms with E-state index in [1.165, 1.54) is 70.6 Å². The van der Waals surface area contributed by atoms with Crippen LogP contribution in [-0.4, -0.2) is 23.8 Å². The van der Waals surface area contributed by atoms with Crippen LogP contribution in [0.4, 0.5) is 0 Å². The van der Waals surface area contributed by atoms with Gasteiger partial charge in [0.25, 0.3) is 0 Å². The van der Waals surface area contributed by atoms with E-state index in [0.29, 0.717) is 19.4 Å². The fourth-order valence-corrected chi connectivity index (χ4v) is 2.88. The lowest BCUT2D eigenvalue weighted by Gasteiger charge is -2.09. The summed E-state index contributed by atoms with van der Waals surface area (Å²) in [5, 5.41) is 9.82. The summed E-state index contributed by atoms with van der Waals surface area (Å²) in [6, 6.07) is 0. The van der Waals surface area contributed by atoms with Gasteiger partial charge >= 0.3 is 5.97 Å². The first kappa shape index (κ1) is 22.4. The standard InChI is InChI=1S/C20H40O3/c1-3-5-6-7-8-9-10-11-12-13-14-15-16-19(21)17-18-20(22)23-4-2/h19,21H,3-18H2,1-2H3/t19-/m0/s1. The third-order valence-corrected chi connectivity index (χ3v) is 4.38. The lowest BCUT2D eigenvalue weighted by molar-refractivity contribution is -0.143. The van der Waals surface area contributed by atoms with Crippen molar-refractivity contribution in [2.75, 3.05) is 6.61 Å². The molecular weight excluding hydrogens is 288 g/mol. The van der Waals surface area contributed by atoms with Gasteiger partial charge < -0.3 is 9.84 Å². The average molecular weight is 329 g/mol. The molecule has 138 valence electrons. The summed E-state index contributed by atoms with van der Waals surface area (Å²) in [6.07, 6.45) is 17.3. The smallest absolute Gasteiger partial charge is 0.305 e. The molecule has 0 radical (unpaired) electrons. The van der Waals surface area contributed by atoms with Crippen LogP contribution in [0.25, 0.3) is 0 Å². The molecule has 0 aliphatic heterocycles. The summed E-state index contributed by atoms with van der Waals surface area (Å²) in [5.74, 6) is -0.193. The van der Waals surface area contributed by atoms with Crippen molar-refractivity contribution in [3.05, 3.63) is 0 Å². The van der Waals surface area contributed by atoms with E-state index in [0.717, 1.165) is 12.8 Å². The third-order valence-electron chi connectivity index (χ3n) is 4.38. The van der Waals surface area contributed by atoms with E-state index in [9.17, 15) is 9.90 Å². The Bertz CT molecular complexity index is 253. The van der Waals surface area contributed by atoms with E-state index < -0.39 is 0 Å². The summed E-state index contributed by atoms with van der Waals surface area (Å²) in [6.45, 7) is 4.49. The minimum Gasteiger partial charge on any atom is -0.466 e. The Morgan fingerprint density at radius 2 is 1.26 bits per heavy atom. The van der Waals surface area contributed by atoms with E-state index in [4.69, 9.17) is 4.74 Å². The molecule has 0 aromatic carbocycles. The molecule has 0 saturated carbocycles. The number of aliphatic hydroxyl groups is 1. The molecule has 0 aliphatic carbocycles. The van der Waals surface area contributed by atoms with Crippen LogP contribution in [0.3, 0.4) is 0 Å². The van der Waals surface area contributed by atoms with E-state index in [1.807, 2.05) is 0 Å². The highest BCUT2D eigenvalue weighted by molar-refractivity contribution is 5.69. The molecule has 0 fully saturated rings. The normalized spacial score (nSPS) is 12.3. The van der Waals surface area contributed by atoms with Gasteiger partial charge in [0, 0.05) is 6.42 Å². The van der Waals surface area contributed by atoms with Crippen LogP contribution in [0, 0.1) is 0 Å². The summed E-state index contributed by atoms with van der Waals surface area (Å²) >= 11 is 0. The van der Waals surface area contributed by atoms with E-state index in [2.05, 4.69) is 6.92 Å². The maximum Gasteiger partial charge on any atom is 0.305 e. The van der Waals surface area contributed by atoms with E-state index >= 15 is 0 Å². The molecule has 0 aromatic heterocycles. The van der Waals surface area contributed by atoms with E-state index in [-0.39, 0.29) is 12.1 Å². The third kappa shape index (κ3) is 17.6. The zero-order chi connectivity index (χ0) is 17.2. The van der Waals surface area contributed by atoms with Gasteiger partial charge in [-0.1, -0.05) is 84.0 Å². The largest absolute Gasteiger partial charge is 0.466 e. The van der Waals surface area contributed by atoms with Crippen molar-refractivity contribution >= 4 is 5.97 Å². The first-order valence-electron chi connectivity index (χ1n) is 10.0. The lowest BCUT2D eigenvalue weighted by Crippen LogP contribution is -2.11. The van der Waals surface area contributed by atoms with Gasteiger partial charge in [-0.25, -0.2) is 0 Å². The molecule has 23 heavy (non-hydrogen) atoms. The monoisotopic (exact) mass is 328 g/mol. The van der Waals surface area contributed by atoms with Crippen LogP contribution < -0.4 is 0 Å². The molecule has 0 bridgehead atoms. The van der Waals surface area contributed by atoms with Crippen LogP contribution >= 0.6 is 0 Å². The van der Waals surface area contributed by atoms with Crippen LogP contribution in [0.2, 0.25) is 0 Å². The Morgan fingerprint density at radius 3 is 1.74 bits per heavy atom. The van der Waals surface area contributed by atoms with Crippen molar-refractivity contribution in [2.45, 2.75) is 116 Å². The summed E-state index contributed by atoms with van der Waals surface area (Å²) < 4.78 is 4.86. The molecule has 1 atom stereocenters. The predicted molar refractivity (Wildman–Crippen MR) is 97.6 cm³/mol. The van der Waals surface area contributed by atoms with Crippen LogP contribution in [0.5, 0.6) is 0 Å². The second kappa shape index (κ2) is 17.8. The average Bonchev–Trinajstić information content (AvgIpc) is 2.54. The Hall–Kier alpha value is -0.570. The summed E-state index contributed by atoms with van der Waals surface area (Å²) in [7, 11) is 0. The lowest BCUT2D eigenvalue weighted by atomic mass is 10.0. The maximum atomic E-state index is 11.2. The van der Waals surface area contributed by atoms with Gasteiger partial charge in [-0.2, -0.15) is 0 Å². The Morgan fingerprint density at radius 1 is 0.783 bits per heavy atom. The van der Waals surface area contributed by atoms with Crippen molar-refractivity contribution in [1.82, 2.24) is 0 Å². The van der Waals surface area contributed by atoms with Crippen molar-refractivity contribution in [2.24, 2.45) is 0 Å². The van der Waals surface area contributed by atoms with Crippen LogP contribution in [0.15, 0.2) is 0 Å². The van der Waals surface area contributed by atoms with Crippen molar-refractivity contribution in [3.8, 4) is 0 Å². The fraction of sp³-hybridized carbons (Fsp3) is 0.950. The number of aliphatic hydroxyl groups excluding tert-OH is 1. The highest BCUT2D eigenvalue weighted by atomic mass is 16.5. The molecule has 0 unspecified atom stereocenters. The molecule has 0 amide bonds. The SMILES string of the molecule is CCCCCCCCCCCCCC[C@H](O)CCC(=O)OCC. The number of carbonyl (C=O) groups excluding carboxylic acids is 1. The van der Waals surface area contributed by atoms with Crippen molar-refractivity contribution in [3.63, 3.8) is 0 Å². The van der Waals surface area contributed by atoms with Gasteiger partial charge in [0.15, 0.2) is 0 Å².